The van der Waals surface area contributed by atoms with Crippen LogP contribution in [0.4, 0.5) is 0 Å². The zero-order chi connectivity index (χ0) is 14.1. The monoisotopic (exact) mass is 355 g/mol. The van der Waals surface area contributed by atoms with Crippen molar-refractivity contribution in [1.82, 2.24) is 14.5 Å². The lowest BCUT2D eigenvalue weighted by atomic mass is 9.85. The van der Waals surface area contributed by atoms with E-state index in [1.807, 2.05) is 12.3 Å². The molecule has 2 unspecified atom stereocenters. The van der Waals surface area contributed by atoms with Crippen molar-refractivity contribution in [2.75, 3.05) is 5.88 Å². The Morgan fingerprint density at radius 3 is 2.95 bits per heavy atom. The van der Waals surface area contributed by atoms with Crippen LogP contribution < -0.4 is 0 Å². The fourth-order valence-electron chi connectivity index (χ4n) is 3.29. The second-order valence-electron chi connectivity index (χ2n) is 5.66. The second-order valence-corrected chi connectivity index (χ2v) is 6.96. The van der Waals surface area contributed by atoms with E-state index in [4.69, 9.17) is 16.6 Å². The number of hydrogen-bond donors (Lipinski definition) is 0. The Bertz CT molecular complexity index is 610. The molecule has 0 radical (unpaired) electrons. The third-order valence-corrected chi connectivity index (χ3v) is 4.91. The maximum atomic E-state index is 5.96. The molecule has 1 fully saturated rings. The van der Waals surface area contributed by atoms with E-state index in [1.54, 1.807) is 0 Å². The maximum Gasteiger partial charge on any atom is 0.160 e. The van der Waals surface area contributed by atoms with Crippen LogP contribution >= 0.6 is 27.5 Å². The number of nitrogens with zero attached hydrogens (tertiary/aromatic N) is 3. The van der Waals surface area contributed by atoms with E-state index in [2.05, 4.69) is 32.4 Å². The highest BCUT2D eigenvalue weighted by molar-refractivity contribution is 9.10. The third kappa shape index (κ3) is 2.60. The van der Waals surface area contributed by atoms with Gasteiger partial charge in [-0.05, 0) is 40.8 Å². The summed E-state index contributed by atoms with van der Waals surface area (Å²) in [5, 5.41) is 0. The summed E-state index contributed by atoms with van der Waals surface area (Å²) in [6, 6.07) is 2.56. The second kappa shape index (κ2) is 6.02. The van der Waals surface area contributed by atoms with Gasteiger partial charge in [0.25, 0.3) is 0 Å². The van der Waals surface area contributed by atoms with Crippen LogP contribution in [-0.2, 0) is 6.42 Å². The molecule has 1 aliphatic carbocycles. The summed E-state index contributed by atoms with van der Waals surface area (Å²) in [6.45, 7) is 2.35. The van der Waals surface area contributed by atoms with Crippen LogP contribution in [-0.4, -0.2) is 20.4 Å². The third-order valence-electron chi connectivity index (χ3n) is 4.29. The number of pyridine rings is 1. The van der Waals surface area contributed by atoms with Crippen LogP contribution in [0.5, 0.6) is 0 Å². The number of imidazole rings is 1. The lowest BCUT2D eigenvalue weighted by Gasteiger charge is -2.31. The first-order valence-electron chi connectivity index (χ1n) is 7.29. The highest BCUT2D eigenvalue weighted by Gasteiger charge is 2.27. The van der Waals surface area contributed by atoms with Crippen molar-refractivity contribution in [3.05, 3.63) is 22.6 Å². The van der Waals surface area contributed by atoms with Gasteiger partial charge in [0.1, 0.15) is 11.3 Å². The standard InChI is InChI=1S/C15H19BrClN3/c1-10-4-2-3-5-13(10)20-14(6-7-17)19-12-8-11(16)9-18-15(12)20/h8-10,13H,2-7H2,1H3. The number of hydrogen-bond acceptors (Lipinski definition) is 2. The number of halogens is 2. The van der Waals surface area contributed by atoms with Gasteiger partial charge in [-0.1, -0.05) is 19.8 Å². The van der Waals surface area contributed by atoms with Gasteiger partial charge in [0.2, 0.25) is 0 Å². The highest BCUT2D eigenvalue weighted by Crippen LogP contribution is 2.36. The number of rotatable bonds is 3. The molecular weight excluding hydrogens is 338 g/mol. The predicted molar refractivity (Wildman–Crippen MR) is 86.3 cm³/mol. The van der Waals surface area contributed by atoms with Crippen molar-refractivity contribution in [3.8, 4) is 0 Å². The molecule has 1 saturated carbocycles. The fourth-order valence-corrected chi connectivity index (χ4v) is 3.78. The van der Waals surface area contributed by atoms with E-state index in [9.17, 15) is 0 Å². The zero-order valence-corrected chi connectivity index (χ0v) is 14.0. The van der Waals surface area contributed by atoms with Gasteiger partial charge in [-0.25, -0.2) is 9.97 Å². The number of alkyl halides is 1. The molecule has 3 rings (SSSR count). The summed E-state index contributed by atoms with van der Waals surface area (Å²) in [7, 11) is 0. The number of aromatic nitrogens is 3. The molecule has 2 heterocycles. The zero-order valence-electron chi connectivity index (χ0n) is 11.6. The van der Waals surface area contributed by atoms with Crippen LogP contribution in [0.2, 0.25) is 0 Å². The topological polar surface area (TPSA) is 30.7 Å². The summed E-state index contributed by atoms with van der Waals surface area (Å²) < 4.78 is 3.33. The van der Waals surface area contributed by atoms with E-state index in [0.717, 1.165) is 27.9 Å². The molecule has 0 bridgehead atoms. The minimum absolute atomic E-state index is 0.514. The van der Waals surface area contributed by atoms with Crippen molar-refractivity contribution in [1.29, 1.82) is 0 Å². The number of fused-ring (bicyclic) bond motifs is 1. The molecule has 0 N–H and O–H groups in total. The van der Waals surface area contributed by atoms with Gasteiger partial charge in [-0.3, -0.25) is 0 Å². The Hall–Kier alpha value is -0.610. The Balaban J connectivity index is 2.12. The minimum Gasteiger partial charge on any atom is -0.309 e. The molecule has 0 aliphatic heterocycles. The smallest absolute Gasteiger partial charge is 0.160 e. The lowest BCUT2D eigenvalue weighted by molar-refractivity contribution is 0.257. The van der Waals surface area contributed by atoms with Crippen LogP contribution in [0.1, 0.15) is 44.5 Å². The van der Waals surface area contributed by atoms with Crippen molar-refractivity contribution < 1.29 is 0 Å². The largest absolute Gasteiger partial charge is 0.309 e. The first kappa shape index (κ1) is 14.3. The molecule has 5 heteroatoms. The molecule has 2 aromatic heterocycles. The molecule has 108 valence electrons. The molecule has 20 heavy (non-hydrogen) atoms. The van der Waals surface area contributed by atoms with Gasteiger partial charge in [0, 0.05) is 29.0 Å². The van der Waals surface area contributed by atoms with Gasteiger partial charge >= 0.3 is 0 Å². The van der Waals surface area contributed by atoms with Crippen LogP contribution in [0.3, 0.4) is 0 Å². The van der Waals surface area contributed by atoms with Crippen molar-refractivity contribution >= 4 is 38.7 Å². The summed E-state index contributed by atoms with van der Waals surface area (Å²) >= 11 is 9.43. The minimum atomic E-state index is 0.514. The van der Waals surface area contributed by atoms with Gasteiger partial charge in [-0.2, -0.15) is 0 Å². The van der Waals surface area contributed by atoms with Gasteiger partial charge in [0.15, 0.2) is 5.65 Å². The number of aryl methyl sites for hydroxylation is 1. The Morgan fingerprint density at radius 1 is 1.40 bits per heavy atom. The summed E-state index contributed by atoms with van der Waals surface area (Å²) in [6.07, 6.45) is 7.82. The average molecular weight is 357 g/mol. The first-order valence-corrected chi connectivity index (χ1v) is 8.61. The fraction of sp³-hybridized carbons (Fsp3) is 0.600. The molecule has 0 saturated heterocycles. The lowest BCUT2D eigenvalue weighted by Crippen LogP contribution is -2.23. The maximum absolute atomic E-state index is 5.96. The van der Waals surface area contributed by atoms with Gasteiger partial charge in [0.05, 0.1) is 0 Å². The molecular formula is C15H19BrClN3. The van der Waals surface area contributed by atoms with E-state index in [1.165, 1.54) is 25.7 Å². The van der Waals surface area contributed by atoms with E-state index in [-0.39, 0.29) is 0 Å². The molecule has 0 spiro atoms. The average Bonchev–Trinajstić information content (AvgIpc) is 2.77. The normalized spacial score (nSPS) is 23.4. The van der Waals surface area contributed by atoms with E-state index < -0.39 is 0 Å². The molecule has 2 aromatic rings. The highest BCUT2D eigenvalue weighted by atomic mass is 79.9. The Kier molecular flexibility index (Phi) is 4.32. The summed E-state index contributed by atoms with van der Waals surface area (Å²) in [4.78, 5) is 9.36. The Labute approximate surface area is 132 Å². The molecule has 3 nitrogen and oxygen atoms in total. The predicted octanol–water partition coefficient (Wildman–Crippen LogP) is 4.73. The van der Waals surface area contributed by atoms with E-state index in [0.29, 0.717) is 17.8 Å². The summed E-state index contributed by atoms with van der Waals surface area (Å²) in [5.74, 6) is 2.37. The first-order chi connectivity index (χ1) is 9.70. The molecule has 1 aliphatic rings. The van der Waals surface area contributed by atoms with Crippen LogP contribution in [0, 0.1) is 5.92 Å². The van der Waals surface area contributed by atoms with E-state index >= 15 is 0 Å². The van der Waals surface area contributed by atoms with Crippen LogP contribution in [0.15, 0.2) is 16.7 Å². The quantitative estimate of drug-likeness (QED) is 0.745. The SMILES string of the molecule is CC1CCCCC1n1c(CCCl)nc2cc(Br)cnc21. The van der Waals surface area contributed by atoms with Crippen molar-refractivity contribution in [2.45, 2.75) is 45.1 Å². The molecule has 2 atom stereocenters. The van der Waals surface area contributed by atoms with Crippen molar-refractivity contribution in [2.24, 2.45) is 5.92 Å². The van der Waals surface area contributed by atoms with Gasteiger partial charge < -0.3 is 4.57 Å². The molecule has 0 amide bonds. The van der Waals surface area contributed by atoms with Crippen LogP contribution in [0.25, 0.3) is 11.2 Å². The van der Waals surface area contributed by atoms with Gasteiger partial charge in [-0.15, -0.1) is 11.6 Å². The summed E-state index contributed by atoms with van der Waals surface area (Å²) in [5.41, 5.74) is 1.98. The molecule has 0 aromatic carbocycles. The van der Waals surface area contributed by atoms with Crippen molar-refractivity contribution in [3.63, 3.8) is 0 Å². The Morgan fingerprint density at radius 2 is 2.20 bits per heavy atom.